The molecule has 0 saturated heterocycles. The zero-order valence-electron chi connectivity index (χ0n) is 9.78. The van der Waals surface area contributed by atoms with Gasteiger partial charge in [-0.2, -0.15) is 13.2 Å². The van der Waals surface area contributed by atoms with E-state index in [1.165, 1.54) is 12.1 Å². The summed E-state index contributed by atoms with van der Waals surface area (Å²) < 4.78 is 37.3. The van der Waals surface area contributed by atoms with Crippen molar-refractivity contribution in [2.45, 2.75) is 12.6 Å². The zero-order chi connectivity index (χ0) is 13.9. The third-order valence-electron chi connectivity index (χ3n) is 2.57. The second-order valence-electron chi connectivity index (χ2n) is 3.90. The molecule has 0 saturated carbocycles. The second-order valence-corrected chi connectivity index (χ2v) is 4.70. The molecule has 0 radical (unpaired) electrons. The molecular weight excluding hydrogens is 321 g/mol. The van der Waals surface area contributed by atoms with Crippen molar-refractivity contribution in [1.82, 2.24) is 9.97 Å². The molecule has 0 fully saturated rings. The molecule has 2 rings (SSSR count). The maximum absolute atomic E-state index is 12.4. The van der Waals surface area contributed by atoms with Gasteiger partial charge >= 0.3 is 6.18 Å². The summed E-state index contributed by atoms with van der Waals surface area (Å²) in [6.07, 6.45) is -0.358. The molecule has 0 N–H and O–H groups in total. The molecule has 1 aromatic carbocycles. The van der Waals surface area contributed by atoms with Gasteiger partial charge < -0.3 is 0 Å². The first-order valence-electron chi connectivity index (χ1n) is 5.55. The average Bonchev–Trinajstić information content (AvgIpc) is 2.39. The number of nitrogens with zero attached hydrogens (tertiary/aromatic N) is 2. The van der Waals surface area contributed by atoms with Crippen molar-refractivity contribution in [3.63, 3.8) is 0 Å². The molecule has 100 valence electrons. The van der Waals surface area contributed by atoms with E-state index in [4.69, 9.17) is 0 Å². The van der Waals surface area contributed by atoms with E-state index in [1.807, 2.05) is 0 Å². The van der Waals surface area contributed by atoms with Crippen molar-refractivity contribution in [2.24, 2.45) is 0 Å². The molecule has 1 heterocycles. The fourth-order valence-corrected chi connectivity index (χ4v) is 1.92. The van der Waals surface area contributed by atoms with Crippen LogP contribution in [0.4, 0.5) is 13.2 Å². The summed E-state index contributed by atoms with van der Waals surface area (Å²) in [7, 11) is 0. The first kappa shape index (κ1) is 14.0. The van der Waals surface area contributed by atoms with E-state index in [0.717, 1.165) is 17.5 Å². The monoisotopic (exact) mass is 330 g/mol. The van der Waals surface area contributed by atoms with E-state index in [-0.39, 0.29) is 0 Å². The first-order valence-corrected chi connectivity index (χ1v) is 6.67. The number of aryl methyl sites for hydroxylation is 1. The summed E-state index contributed by atoms with van der Waals surface area (Å²) in [5.74, 6) is 0.701. The molecule has 0 bridgehead atoms. The van der Waals surface area contributed by atoms with Gasteiger partial charge in [0, 0.05) is 29.7 Å². The van der Waals surface area contributed by atoms with Crippen LogP contribution in [0.5, 0.6) is 0 Å². The zero-order valence-corrected chi connectivity index (χ0v) is 11.4. The second kappa shape index (κ2) is 5.69. The topological polar surface area (TPSA) is 25.8 Å². The summed E-state index contributed by atoms with van der Waals surface area (Å²) in [5, 5.41) is 0.770. The highest BCUT2D eigenvalue weighted by molar-refractivity contribution is 9.09. The number of alkyl halides is 4. The summed E-state index contributed by atoms with van der Waals surface area (Å²) in [6.45, 7) is 0. The molecule has 19 heavy (non-hydrogen) atoms. The Morgan fingerprint density at radius 1 is 0.947 bits per heavy atom. The van der Waals surface area contributed by atoms with Crippen molar-refractivity contribution in [3.8, 4) is 11.1 Å². The van der Waals surface area contributed by atoms with Crippen LogP contribution >= 0.6 is 15.9 Å². The van der Waals surface area contributed by atoms with Crippen molar-refractivity contribution in [2.75, 3.05) is 5.33 Å². The number of hydrogen-bond acceptors (Lipinski definition) is 2. The third-order valence-corrected chi connectivity index (χ3v) is 2.97. The molecule has 0 aliphatic heterocycles. The quantitative estimate of drug-likeness (QED) is 0.792. The Labute approximate surface area is 116 Å². The minimum Gasteiger partial charge on any atom is -0.241 e. The lowest BCUT2D eigenvalue weighted by molar-refractivity contribution is -0.137. The molecule has 0 amide bonds. The highest BCUT2D eigenvalue weighted by Gasteiger charge is 2.29. The predicted molar refractivity (Wildman–Crippen MR) is 70.0 cm³/mol. The molecular formula is C13H10BrF3N2. The Morgan fingerprint density at radius 2 is 1.53 bits per heavy atom. The van der Waals surface area contributed by atoms with Crippen LogP contribution in [-0.4, -0.2) is 15.3 Å². The van der Waals surface area contributed by atoms with Gasteiger partial charge in [0.2, 0.25) is 0 Å². The maximum atomic E-state index is 12.4. The van der Waals surface area contributed by atoms with Crippen LogP contribution in [0.2, 0.25) is 0 Å². The van der Waals surface area contributed by atoms with Gasteiger partial charge in [0.15, 0.2) is 0 Å². The van der Waals surface area contributed by atoms with E-state index in [1.54, 1.807) is 12.4 Å². The highest BCUT2D eigenvalue weighted by atomic mass is 79.9. The maximum Gasteiger partial charge on any atom is 0.416 e. The third kappa shape index (κ3) is 3.53. The summed E-state index contributed by atoms with van der Waals surface area (Å²) in [4.78, 5) is 8.31. The molecule has 6 heteroatoms. The molecule has 0 aliphatic carbocycles. The van der Waals surface area contributed by atoms with Crippen LogP contribution in [0.15, 0.2) is 36.7 Å². The lowest BCUT2D eigenvalue weighted by atomic mass is 10.1. The van der Waals surface area contributed by atoms with Gasteiger partial charge in [-0.3, -0.25) is 0 Å². The Morgan fingerprint density at radius 3 is 2.00 bits per heavy atom. The fourth-order valence-electron chi connectivity index (χ4n) is 1.57. The van der Waals surface area contributed by atoms with Crippen LogP contribution in [0, 0.1) is 0 Å². The fraction of sp³-hybridized carbons (Fsp3) is 0.231. The van der Waals surface area contributed by atoms with E-state index in [9.17, 15) is 13.2 Å². The highest BCUT2D eigenvalue weighted by Crippen LogP contribution is 2.30. The summed E-state index contributed by atoms with van der Waals surface area (Å²) in [6, 6.07) is 4.96. The van der Waals surface area contributed by atoms with Crippen molar-refractivity contribution >= 4 is 15.9 Å². The van der Waals surface area contributed by atoms with Crippen molar-refractivity contribution in [3.05, 3.63) is 48.0 Å². The molecule has 0 spiro atoms. The normalized spacial score (nSPS) is 11.6. The van der Waals surface area contributed by atoms with Crippen molar-refractivity contribution < 1.29 is 13.2 Å². The number of benzene rings is 1. The van der Waals surface area contributed by atoms with Gasteiger partial charge in [-0.1, -0.05) is 28.1 Å². The van der Waals surface area contributed by atoms with Gasteiger partial charge in [0.25, 0.3) is 0 Å². The van der Waals surface area contributed by atoms with Gasteiger partial charge in [0.05, 0.1) is 5.56 Å². The van der Waals surface area contributed by atoms with Crippen molar-refractivity contribution in [1.29, 1.82) is 0 Å². The Hall–Kier alpha value is -1.43. The molecule has 2 nitrogen and oxygen atoms in total. The molecule has 0 aliphatic rings. The SMILES string of the molecule is FC(F)(F)c1ccc(-c2cnc(CCBr)nc2)cc1. The van der Waals surface area contributed by atoms with Crippen LogP contribution < -0.4 is 0 Å². The minimum absolute atomic E-state index is 0.659. The molecule has 2 aromatic rings. The van der Waals surface area contributed by atoms with Crippen LogP contribution in [-0.2, 0) is 12.6 Å². The number of hydrogen-bond donors (Lipinski definition) is 0. The standard InChI is InChI=1S/C13H10BrF3N2/c14-6-5-12-18-7-10(8-19-12)9-1-3-11(4-2-9)13(15,16)17/h1-4,7-8H,5-6H2. The lowest BCUT2D eigenvalue weighted by Gasteiger charge is -2.07. The minimum atomic E-state index is -4.31. The van der Waals surface area contributed by atoms with Crippen LogP contribution in [0.3, 0.4) is 0 Å². The van der Waals surface area contributed by atoms with E-state index in [2.05, 4.69) is 25.9 Å². The number of aromatic nitrogens is 2. The predicted octanol–water partition coefficient (Wildman–Crippen LogP) is 4.10. The molecule has 1 aromatic heterocycles. The first-order chi connectivity index (χ1) is 9.00. The molecule has 0 atom stereocenters. The van der Waals surface area contributed by atoms with Crippen LogP contribution in [0.25, 0.3) is 11.1 Å². The molecule has 0 unspecified atom stereocenters. The average molecular weight is 331 g/mol. The van der Waals surface area contributed by atoms with Crippen LogP contribution in [0.1, 0.15) is 11.4 Å². The summed E-state index contributed by atoms with van der Waals surface area (Å²) in [5.41, 5.74) is 0.707. The summed E-state index contributed by atoms with van der Waals surface area (Å²) >= 11 is 3.29. The Kier molecular flexibility index (Phi) is 4.19. The van der Waals surface area contributed by atoms with E-state index >= 15 is 0 Å². The smallest absolute Gasteiger partial charge is 0.241 e. The number of rotatable bonds is 3. The largest absolute Gasteiger partial charge is 0.416 e. The van der Waals surface area contributed by atoms with E-state index in [0.29, 0.717) is 23.4 Å². The lowest BCUT2D eigenvalue weighted by Crippen LogP contribution is -2.04. The van der Waals surface area contributed by atoms with Gasteiger partial charge in [-0.25, -0.2) is 9.97 Å². The van der Waals surface area contributed by atoms with E-state index < -0.39 is 11.7 Å². The Balaban J connectivity index is 2.22. The van der Waals surface area contributed by atoms with Gasteiger partial charge in [-0.05, 0) is 17.7 Å². The van der Waals surface area contributed by atoms with Gasteiger partial charge in [0.1, 0.15) is 5.82 Å². The van der Waals surface area contributed by atoms with Gasteiger partial charge in [-0.15, -0.1) is 0 Å². The Bertz CT molecular complexity index is 535. The number of halogens is 4.